The number of carbonyl (C=O) groups excluding carboxylic acids is 1. The molecule has 80 valence electrons. The van der Waals surface area contributed by atoms with Crippen molar-refractivity contribution in [1.29, 1.82) is 0 Å². The van der Waals surface area contributed by atoms with Crippen LogP contribution in [0.2, 0.25) is 5.15 Å². The number of methoxy groups -OCH3 is 1. The Kier molecular flexibility index (Phi) is 2.83. The average Bonchev–Trinajstić information content (AvgIpc) is 2.17. The summed E-state index contributed by atoms with van der Waals surface area (Å²) in [6, 6.07) is 3.12. The molecule has 0 aromatic carbocycles. The van der Waals surface area contributed by atoms with Gasteiger partial charge in [0.05, 0.1) is 6.10 Å². The second-order valence-electron chi connectivity index (χ2n) is 3.31. The molecule has 0 saturated carbocycles. The topological polar surface area (TPSA) is 55.3 Å². The molecule has 2 heterocycles. The SMILES string of the molecule is COC1CN(C(=O)c2ccc(Cl)nn2)C1. The number of aromatic nitrogens is 2. The van der Waals surface area contributed by atoms with E-state index in [4.69, 9.17) is 16.3 Å². The van der Waals surface area contributed by atoms with Gasteiger partial charge < -0.3 is 9.64 Å². The molecule has 1 fully saturated rings. The third kappa shape index (κ3) is 2.08. The molecule has 0 unspecified atom stereocenters. The molecular weight excluding hydrogens is 218 g/mol. The van der Waals surface area contributed by atoms with Crippen molar-refractivity contribution >= 4 is 17.5 Å². The fraction of sp³-hybridized carbons (Fsp3) is 0.444. The van der Waals surface area contributed by atoms with Crippen molar-refractivity contribution in [2.75, 3.05) is 20.2 Å². The highest BCUT2D eigenvalue weighted by atomic mass is 35.5. The first-order chi connectivity index (χ1) is 7.20. The largest absolute Gasteiger partial charge is 0.378 e. The third-order valence-corrected chi connectivity index (χ3v) is 2.52. The minimum atomic E-state index is -0.132. The molecule has 0 radical (unpaired) electrons. The molecule has 0 N–H and O–H groups in total. The Balaban J connectivity index is 2.00. The Morgan fingerprint density at radius 3 is 2.80 bits per heavy atom. The minimum Gasteiger partial charge on any atom is -0.378 e. The van der Waals surface area contributed by atoms with Gasteiger partial charge in [-0.1, -0.05) is 11.6 Å². The van der Waals surface area contributed by atoms with Gasteiger partial charge in [0.2, 0.25) is 0 Å². The molecule has 1 aliphatic heterocycles. The first kappa shape index (κ1) is 10.3. The molecule has 0 spiro atoms. The summed E-state index contributed by atoms with van der Waals surface area (Å²) in [5, 5.41) is 7.62. The lowest BCUT2D eigenvalue weighted by Gasteiger charge is -2.37. The average molecular weight is 228 g/mol. The van der Waals surface area contributed by atoms with Crippen molar-refractivity contribution in [3.8, 4) is 0 Å². The number of carbonyl (C=O) groups is 1. The zero-order valence-electron chi connectivity index (χ0n) is 8.18. The first-order valence-corrected chi connectivity index (χ1v) is 4.90. The third-order valence-electron chi connectivity index (χ3n) is 2.32. The number of halogens is 1. The highest BCUT2D eigenvalue weighted by molar-refractivity contribution is 6.29. The number of rotatable bonds is 2. The van der Waals surface area contributed by atoms with Gasteiger partial charge in [-0.05, 0) is 12.1 Å². The lowest BCUT2D eigenvalue weighted by atomic mass is 10.1. The van der Waals surface area contributed by atoms with Gasteiger partial charge in [-0.3, -0.25) is 4.79 Å². The summed E-state index contributed by atoms with van der Waals surface area (Å²) in [4.78, 5) is 13.4. The summed E-state index contributed by atoms with van der Waals surface area (Å²) in [5.41, 5.74) is 0.314. The van der Waals surface area contributed by atoms with Crippen molar-refractivity contribution in [2.45, 2.75) is 6.10 Å². The first-order valence-electron chi connectivity index (χ1n) is 4.52. The summed E-state index contributed by atoms with van der Waals surface area (Å²) in [5.74, 6) is -0.132. The highest BCUT2D eigenvalue weighted by Crippen LogP contribution is 2.14. The van der Waals surface area contributed by atoms with Crippen molar-refractivity contribution < 1.29 is 9.53 Å². The van der Waals surface area contributed by atoms with Gasteiger partial charge in [0.15, 0.2) is 10.8 Å². The molecule has 1 aliphatic rings. The Morgan fingerprint density at radius 1 is 1.53 bits per heavy atom. The van der Waals surface area contributed by atoms with Crippen LogP contribution >= 0.6 is 11.6 Å². The van der Waals surface area contributed by atoms with Gasteiger partial charge in [0, 0.05) is 20.2 Å². The molecule has 15 heavy (non-hydrogen) atoms. The lowest BCUT2D eigenvalue weighted by molar-refractivity contribution is -0.0195. The van der Waals surface area contributed by atoms with Crippen LogP contribution in [0.15, 0.2) is 12.1 Å². The summed E-state index contributed by atoms with van der Waals surface area (Å²) < 4.78 is 5.07. The minimum absolute atomic E-state index is 0.132. The van der Waals surface area contributed by atoms with Crippen molar-refractivity contribution in [3.05, 3.63) is 23.0 Å². The predicted molar refractivity (Wildman–Crippen MR) is 53.7 cm³/mol. The smallest absolute Gasteiger partial charge is 0.274 e. The second kappa shape index (κ2) is 4.12. The van der Waals surface area contributed by atoms with Gasteiger partial charge in [-0.25, -0.2) is 0 Å². The van der Waals surface area contributed by atoms with Crippen LogP contribution in [0.5, 0.6) is 0 Å². The number of hydrogen-bond acceptors (Lipinski definition) is 4. The second-order valence-corrected chi connectivity index (χ2v) is 3.70. The number of hydrogen-bond donors (Lipinski definition) is 0. The Hall–Kier alpha value is -1.20. The predicted octanol–water partition coefficient (Wildman–Crippen LogP) is 0.601. The highest BCUT2D eigenvalue weighted by Gasteiger charge is 2.31. The molecule has 1 amide bonds. The maximum atomic E-state index is 11.7. The molecule has 5 nitrogen and oxygen atoms in total. The van der Waals surface area contributed by atoms with Crippen LogP contribution in [0.3, 0.4) is 0 Å². The van der Waals surface area contributed by atoms with E-state index >= 15 is 0 Å². The summed E-state index contributed by atoms with van der Waals surface area (Å²) in [6.07, 6.45) is 0.147. The van der Waals surface area contributed by atoms with E-state index in [2.05, 4.69) is 10.2 Å². The summed E-state index contributed by atoms with van der Waals surface area (Å²) in [6.45, 7) is 1.22. The lowest BCUT2D eigenvalue weighted by Crippen LogP contribution is -2.54. The number of likely N-dealkylation sites (tertiary alicyclic amines) is 1. The van der Waals surface area contributed by atoms with Crippen LogP contribution in [-0.2, 0) is 4.74 Å². The fourth-order valence-corrected chi connectivity index (χ4v) is 1.45. The molecule has 1 aromatic rings. The van der Waals surface area contributed by atoms with E-state index in [1.807, 2.05) is 0 Å². The molecule has 6 heteroatoms. The van der Waals surface area contributed by atoms with Crippen LogP contribution in [0.25, 0.3) is 0 Å². The monoisotopic (exact) mass is 227 g/mol. The van der Waals surface area contributed by atoms with Crippen molar-refractivity contribution in [1.82, 2.24) is 15.1 Å². The maximum Gasteiger partial charge on any atom is 0.274 e. The quantitative estimate of drug-likeness (QED) is 0.743. The van der Waals surface area contributed by atoms with Gasteiger partial charge in [0.25, 0.3) is 5.91 Å². The van der Waals surface area contributed by atoms with Gasteiger partial charge in [-0.15, -0.1) is 10.2 Å². The number of nitrogens with zero attached hydrogens (tertiary/aromatic N) is 3. The van der Waals surface area contributed by atoms with E-state index < -0.39 is 0 Å². The van der Waals surface area contributed by atoms with Crippen LogP contribution in [0.1, 0.15) is 10.5 Å². The van der Waals surface area contributed by atoms with Crippen LogP contribution in [-0.4, -0.2) is 47.3 Å². The summed E-state index contributed by atoms with van der Waals surface area (Å²) >= 11 is 5.57. The number of amides is 1. The van der Waals surface area contributed by atoms with E-state index in [0.29, 0.717) is 18.8 Å². The Labute approximate surface area is 92.0 Å². The molecule has 0 aliphatic carbocycles. The zero-order chi connectivity index (χ0) is 10.8. The van der Waals surface area contributed by atoms with E-state index in [9.17, 15) is 4.79 Å². The van der Waals surface area contributed by atoms with Gasteiger partial charge >= 0.3 is 0 Å². The maximum absolute atomic E-state index is 11.7. The molecule has 1 aromatic heterocycles. The molecule has 0 atom stereocenters. The van der Waals surface area contributed by atoms with E-state index in [0.717, 1.165) is 0 Å². The molecule has 2 rings (SSSR count). The standard InChI is InChI=1S/C9H10ClN3O2/c1-15-6-4-13(5-6)9(14)7-2-3-8(10)12-11-7/h2-3,6H,4-5H2,1H3. The Bertz CT molecular complexity index is 362. The normalized spacial score (nSPS) is 16.3. The van der Waals surface area contributed by atoms with E-state index in [-0.39, 0.29) is 17.2 Å². The van der Waals surface area contributed by atoms with Crippen LogP contribution < -0.4 is 0 Å². The van der Waals surface area contributed by atoms with Crippen LogP contribution in [0, 0.1) is 0 Å². The number of ether oxygens (including phenoxy) is 1. The van der Waals surface area contributed by atoms with Gasteiger partial charge in [0.1, 0.15) is 0 Å². The molecular formula is C9H10ClN3O2. The van der Waals surface area contributed by atoms with Crippen molar-refractivity contribution in [2.24, 2.45) is 0 Å². The molecule has 0 bridgehead atoms. The van der Waals surface area contributed by atoms with Gasteiger partial charge in [-0.2, -0.15) is 0 Å². The van der Waals surface area contributed by atoms with E-state index in [1.54, 1.807) is 24.1 Å². The fourth-order valence-electron chi connectivity index (χ4n) is 1.35. The molecule has 1 saturated heterocycles. The van der Waals surface area contributed by atoms with E-state index in [1.165, 1.54) is 0 Å². The summed E-state index contributed by atoms with van der Waals surface area (Å²) in [7, 11) is 1.63. The van der Waals surface area contributed by atoms with Crippen LogP contribution in [0.4, 0.5) is 0 Å². The zero-order valence-corrected chi connectivity index (χ0v) is 8.94. The van der Waals surface area contributed by atoms with Crippen molar-refractivity contribution in [3.63, 3.8) is 0 Å². The Morgan fingerprint density at radius 2 is 2.27 bits per heavy atom.